The minimum absolute atomic E-state index is 0.0446. The Morgan fingerprint density at radius 2 is 2.06 bits per heavy atom. The summed E-state index contributed by atoms with van der Waals surface area (Å²) >= 11 is 1.65. The number of amides is 2. The third-order valence-electron chi connectivity index (χ3n) is 6.61. The highest BCUT2D eigenvalue weighted by molar-refractivity contribution is 7.09. The van der Waals surface area contributed by atoms with Crippen LogP contribution in [0.3, 0.4) is 0 Å². The van der Waals surface area contributed by atoms with Crippen molar-refractivity contribution in [3.8, 4) is 0 Å². The van der Waals surface area contributed by atoms with E-state index in [9.17, 15) is 9.59 Å². The van der Waals surface area contributed by atoms with Crippen molar-refractivity contribution in [2.45, 2.75) is 52.4 Å². The highest BCUT2D eigenvalue weighted by atomic mass is 32.1. The molecule has 4 atom stereocenters. The average molecular weight is 460 g/mol. The van der Waals surface area contributed by atoms with E-state index >= 15 is 0 Å². The zero-order chi connectivity index (χ0) is 22.9. The predicted octanol–water partition coefficient (Wildman–Crippen LogP) is 3.15. The Kier molecular flexibility index (Phi) is 7.08. The largest absolute Gasteiger partial charge is 0.360 e. The number of carbonyl (C=O) groups excluding carboxylic acids is 2. The van der Waals surface area contributed by atoms with E-state index in [2.05, 4.69) is 37.9 Å². The van der Waals surface area contributed by atoms with Gasteiger partial charge in [-0.05, 0) is 36.2 Å². The standard InChI is InChI=1S/C25H37N3O3S/c1-17(2)13-27(14-18(3)4)11-6-10-26-23(29)21-20-8-9-25(31-20)16-28(24(30)22(21)25)15-19-7-5-12-32-19/h5,7-9,12,17-18,20-22H,6,10-11,13-16H2,1-4H3,(H,26,29)/t20-,21+,22-,25+/m0/s1. The van der Waals surface area contributed by atoms with Gasteiger partial charge in [-0.15, -0.1) is 11.3 Å². The first kappa shape index (κ1) is 23.5. The fraction of sp³-hybridized carbons (Fsp3) is 0.680. The number of nitrogens with one attached hydrogen (secondary N) is 1. The summed E-state index contributed by atoms with van der Waals surface area (Å²) in [5.41, 5.74) is -0.633. The molecule has 1 aromatic heterocycles. The summed E-state index contributed by atoms with van der Waals surface area (Å²) in [4.78, 5) is 31.9. The monoisotopic (exact) mass is 459 g/mol. The van der Waals surface area contributed by atoms with Crippen molar-refractivity contribution >= 4 is 23.2 Å². The summed E-state index contributed by atoms with van der Waals surface area (Å²) in [6.45, 7) is 13.9. The molecular weight excluding hydrogens is 422 g/mol. The van der Waals surface area contributed by atoms with Gasteiger partial charge in [0, 0.05) is 24.5 Å². The molecule has 7 heteroatoms. The van der Waals surface area contributed by atoms with Crippen LogP contribution in [0.15, 0.2) is 29.7 Å². The molecule has 6 nitrogen and oxygen atoms in total. The molecule has 0 saturated carbocycles. The molecule has 1 aromatic rings. The summed E-state index contributed by atoms with van der Waals surface area (Å²) < 4.78 is 6.23. The summed E-state index contributed by atoms with van der Waals surface area (Å²) in [5.74, 6) is 0.424. The lowest BCUT2D eigenvalue weighted by atomic mass is 9.77. The van der Waals surface area contributed by atoms with Crippen LogP contribution in [0.2, 0.25) is 0 Å². The van der Waals surface area contributed by atoms with Gasteiger partial charge in [0.05, 0.1) is 31.0 Å². The van der Waals surface area contributed by atoms with Crippen LogP contribution < -0.4 is 5.32 Å². The molecule has 1 N–H and O–H groups in total. The molecular formula is C25H37N3O3S. The lowest BCUT2D eigenvalue weighted by Gasteiger charge is -2.26. The van der Waals surface area contributed by atoms with Crippen LogP contribution in [0.5, 0.6) is 0 Å². The molecule has 4 heterocycles. The third-order valence-corrected chi connectivity index (χ3v) is 7.47. The van der Waals surface area contributed by atoms with Gasteiger partial charge in [0.15, 0.2) is 0 Å². The lowest BCUT2D eigenvalue weighted by Crippen LogP contribution is -2.44. The fourth-order valence-corrected chi connectivity index (χ4v) is 6.24. The van der Waals surface area contributed by atoms with Crippen molar-refractivity contribution in [3.63, 3.8) is 0 Å². The van der Waals surface area contributed by atoms with E-state index in [0.717, 1.165) is 30.9 Å². The van der Waals surface area contributed by atoms with Gasteiger partial charge < -0.3 is 19.9 Å². The van der Waals surface area contributed by atoms with Crippen LogP contribution in [0, 0.1) is 23.7 Å². The van der Waals surface area contributed by atoms with E-state index in [1.54, 1.807) is 11.3 Å². The van der Waals surface area contributed by atoms with Crippen LogP contribution in [0.4, 0.5) is 0 Å². The van der Waals surface area contributed by atoms with E-state index in [1.165, 1.54) is 0 Å². The van der Waals surface area contributed by atoms with Crippen LogP contribution >= 0.6 is 11.3 Å². The first-order valence-electron chi connectivity index (χ1n) is 12.0. The molecule has 2 saturated heterocycles. The van der Waals surface area contributed by atoms with Crippen LogP contribution in [-0.2, 0) is 20.9 Å². The third kappa shape index (κ3) is 4.80. The van der Waals surface area contributed by atoms with E-state index in [4.69, 9.17) is 4.74 Å². The van der Waals surface area contributed by atoms with Crippen molar-refractivity contribution in [2.24, 2.45) is 23.7 Å². The first-order valence-corrected chi connectivity index (χ1v) is 12.9. The number of likely N-dealkylation sites (tertiary alicyclic amines) is 1. The highest BCUT2D eigenvalue weighted by Gasteiger charge is 2.66. The van der Waals surface area contributed by atoms with E-state index in [-0.39, 0.29) is 17.9 Å². The first-order chi connectivity index (χ1) is 15.3. The normalized spacial score (nSPS) is 28.5. The Labute approximate surface area is 196 Å². The van der Waals surface area contributed by atoms with E-state index in [0.29, 0.717) is 31.5 Å². The second-order valence-corrected chi connectivity index (χ2v) is 11.4. The van der Waals surface area contributed by atoms with Crippen molar-refractivity contribution in [1.82, 2.24) is 15.1 Å². The smallest absolute Gasteiger partial charge is 0.230 e. The van der Waals surface area contributed by atoms with Gasteiger partial charge in [-0.3, -0.25) is 9.59 Å². The van der Waals surface area contributed by atoms with Crippen molar-refractivity contribution in [3.05, 3.63) is 34.5 Å². The van der Waals surface area contributed by atoms with Gasteiger partial charge in [0.25, 0.3) is 0 Å². The number of ether oxygens (including phenoxy) is 1. The van der Waals surface area contributed by atoms with Crippen molar-refractivity contribution in [2.75, 3.05) is 32.7 Å². The molecule has 0 radical (unpaired) electrons. The number of carbonyl (C=O) groups is 2. The zero-order valence-electron chi connectivity index (χ0n) is 19.8. The molecule has 0 unspecified atom stereocenters. The number of hydrogen-bond donors (Lipinski definition) is 1. The summed E-state index contributed by atoms with van der Waals surface area (Å²) in [5, 5.41) is 5.14. The minimum Gasteiger partial charge on any atom is -0.360 e. The van der Waals surface area contributed by atoms with Crippen molar-refractivity contribution in [1.29, 1.82) is 0 Å². The Hall–Kier alpha value is -1.70. The number of fused-ring (bicyclic) bond motifs is 1. The molecule has 1 spiro atoms. The molecule has 3 aliphatic rings. The van der Waals surface area contributed by atoms with Gasteiger partial charge in [-0.1, -0.05) is 45.9 Å². The number of rotatable bonds is 11. The van der Waals surface area contributed by atoms with Gasteiger partial charge in [0.2, 0.25) is 11.8 Å². The van der Waals surface area contributed by atoms with Gasteiger partial charge in [0.1, 0.15) is 5.60 Å². The predicted molar refractivity (Wildman–Crippen MR) is 127 cm³/mol. The van der Waals surface area contributed by atoms with Crippen LogP contribution in [-0.4, -0.2) is 66.0 Å². The molecule has 176 valence electrons. The zero-order valence-corrected chi connectivity index (χ0v) is 20.6. The Morgan fingerprint density at radius 1 is 1.31 bits per heavy atom. The second kappa shape index (κ2) is 9.65. The molecule has 2 amide bonds. The minimum atomic E-state index is -0.633. The Bertz CT molecular complexity index is 827. The summed E-state index contributed by atoms with van der Waals surface area (Å²) in [6, 6.07) is 4.05. The quantitative estimate of drug-likeness (QED) is 0.408. The van der Waals surface area contributed by atoms with Crippen LogP contribution in [0.1, 0.15) is 39.0 Å². The van der Waals surface area contributed by atoms with Crippen molar-refractivity contribution < 1.29 is 14.3 Å². The topological polar surface area (TPSA) is 61.9 Å². The molecule has 32 heavy (non-hydrogen) atoms. The Morgan fingerprint density at radius 3 is 2.72 bits per heavy atom. The SMILES string of the molecule is CC(C)CN(CCCNC(=O)[C@@H]1[C@@H]2C=C[C@]3(CN(Cc4cccs4)C(=O)[C@H]13)O2)CC(C)C. The maximum Gasteiger partial charge on any atom is 0.230 e. The summed E-state index contributed by atoms with van der Waals surface area (Å²) in [6.07, 6.45) is 4.63. The van der Waals surface area contributed by atoms with E-state index < -0.39 is 17.4 Å². The summed E-state index contributed by atoms with van der Waals surface area (Å²) in [7, 11) is 0. The van der Waals surface area contributed by atoms with Crippen LogP contribution in [0.25, 0.3) is 0 Å². The molecule has 2 fully saturated rings. The fourth-order valence-electron chi connectivity index (χ4n) is 5.52. The molecule has 3 aliphatic heterocycles. The van der Waals surface area contributed by atoms with Gasteiger partial charge >= 0.3 is 0 Å². The number of hydrogen-bond acceptors (Lipinski definition) is 5. The Balaban J connectivity index is 1.32. The lowest BCUT2D eigenvalue weighted by molar-refractivity contribution is -0.137. The maximum atomic E-state index is 13.3. The number of thiophene rings is 1. The molecule has 4 rings (SSSR count). The van der Waals surface area contributed by atoms with Gasteiger partial charge in [-0.25, -0.2) is 0 Å². The highest BCUT2D eigenvalue weighted by Crippen LogP contribution is 2.52. The number of nitrogens with zero attached hydrogens (tertiary/aromatic N) is 2. The molecule has 0 aromatic carbocycles. The second-order valence-electron chi connectivity index (χ2n) is 10.4. The molecule has 2 bridgehead atoms. The average Bonchev–Trinajstić information content (AvgIpc) is 3.47. The maximum absolute atomic E-state index is 13.3. The van der Waals surface area contributed by atoms with Gasteiger partial charge in [-0.2, -0.15) is 0 Å². The van der Waals surface area contributed by atoms with E-state index in [1.807, 2.05) is 34.6 Å². The molecule has 0 aliphatic carbocycles.